The smallest absolute Gasteiger partial charge is 0.278 e. The minimum absolute atomic E-state index is 0.445. The molecule has 23 heavy (non-hydrogen) atoms. The lowest BCUT2D eigenvalue weighted by Crippen LogP contribution is -2.49. The Balaban J connectivity index is 1.61. The molecule has 0 aromatic carbocycles. The number of rotatable bonds is 7. The topological polar surface area (TPSA) is 64.7 Å². The number of nitrogens with one attached hydrogen (secondary N) is 2. The quantitative estimate of drug-likeness (QED) is 0.676. The van der Waals surface area contributed by atoms with Crippen molar-refractivity contribution in [2.24, 2.45) is 5.92 Å². The van der Waals surface area contributed by atoms with E-state index in [9.17, 15) is 8.42 Å². The molecule has 0 spiro atoms. The highest BCUT2D eigenvalue weighted by atomic mass is 32.2. The van der Waals surface area contributed by atoms with E-state index in [0.29, 0.717) is 19.1 Å². The van der Waals surface area contributed by atoms with Crippen LogP contribution in [0.25, 0.3) is 0 Å². The molecule has 1 saturated carbocycles. The molecule has 1 heterocycles. The number of hydrogen-bond acceptors (Lipinski definition) is 4. The fourth-order valence-corrected chi connectivity index (χ4v) is 4.41. The average Bonchev–Trinajstić information content (AvgIpc) is 2.52. The Morgan fingerprint density at radius 3 is 2.39 bits per heavy atom. The van der Waals surface area contributed by atoms with Crippen LogP contribution in [0, 0.1) is 5.92 Å². The van der Waals surface area contributed by atoms with E-state index in [4.69, 9.17) is 0 Å². The van der Waals surface area contributed by atoms with Crippen molar-refractivity contribution in [1.82, 2.24) is 19.2 Å². The van der Waals surface area contributed by atoms with Crippen LogP contribution >= 0.6 is 0 Å². The van der Waals surface area contributed by atoms with Crippen LogP contribution in [-0.2, 0) is 10.2 Å². The Morgan fingerprint density at radius 1 is 1.09 bits per heavy atom. The van der Waals surface area contributed by atoms with Gasteiger partial charge in [-0.25, -0.2) is 4.72 Å². The summed E-state index contributed by atoms with van der Waals surface area (Å²) in [6, 6.07) is 1.32. The Morgan fingerprint density at radius 2 is 1.78 bits per heavy atom. The number of nitrogens with zero attached hydrogens (tertiary/aromatic N) is 2. The van der Waals surface area contributed by atoms with Crippen LogP contribution in [0.15, 0.2) is 0 Å². The van der Waals surface area contributed by atoms with Gasteiger partial charge in [0.2, 0.25) is 0 Å². The molecule has 0 aromatic heterocycles. The van der Waals surface area contributed by atoms with Gasteiger partial charge >= 0.3 is 0 Å². The predicted octanol–water partition coefficient (Wildman–Crippen LogP) is 1.02. The second kappa shape index (κ2) is 8.76. The molecule has 6 nitrogen and oxygen atoms in total. The molecule has 1 aliphatic heterocycles. The van der Waals surface area contributed by atoms with Gasteiger partial charge in [0, 0.05) is 39.3 Å². The maximum Gasteiger partial charge on any atom is 0.278 e. The first kappa shape index (κ1) is 19.1. The predicted molar refractivity (Wildman–Crippen MR) is 94.6 cm³/mol. The molecule has 1 saturated heterocycles. The number of piperidine rings is 1. The highest BCUT2D eigenvalue weighted by Gasteiger charge is 2.28. The summed E-state index contributed by atoms with van der Waals surface area (Å²) >= 11 is 0. The SMILES string of the molecule is C[C@H]1CCC[C@@H](N2CCC(NCCNS(=O)(=O)N(C)C)CC2)C1. The lowest BCUT2D eigenvalue weighted by atomic mass is 9.85. The number of hydrogen-bond donors (Lipinski definition) is 2. The fraction of sp³-hybridized carbons (Fsp3) is 1.00. The monoisotopic (exact) mass is 346 g/mol. The molecule has 0 aromatic rings. The van der Waals surface area contributed by atoms with Gasteiger partial charge in [0.1, 0.15) is 0 Å². The molecule has 2 atom stereocenters. The molecule has 2 rings (SSSR count). The van der Waals surface area contributed by atoms with Crippen molar-refractivity contribution in [3.63, 3.8) is 0 Å². The molecule has 2 N–H and O–H groups in total. The largest absolute Gasteiger partial charge is 0.313 e. The van der Waals surface area contributed by atoms with Crippen molar-refractivity contribution in [2.75, 3.05) is 40.3 Å². The fourth-order valence-electron chi connectivity index (χ4n) is 3.79. The highest BCUT2D eigenvalue weighted by molar-refractivity contribution is 7.87. The van der Waals surface area contributed by atoms with Crippen molar-refractivity contribution in [2.45, 2.75) is 57.5 Å². The van der Waals surface area contributed by atoms with Crippen LogP contribution in [0.1, 0.15) is 45.4 Å². The van der Waals surface area contributed by atoms with Crippen LogP contribution in [0.4, 0.5) is 0 Å². The van der Waals surface area contributed by atoms with Crippen LogP contribution < -0.4 is 10.0 Å². The van der Waals surface area contributed by atoms with E-state index in [1.165, 1.54) is 70.0 Å². The van der Waals surface area contributed by atoms with Crippen molar-refractivity contribution in [3.05, 3.63) is 0 Å². The summed E-state index contributed by atoms with van der Waals surface area (Å²) in [6.07, 6.45) is 7.86. The zero-order valence-corrected chi connectivity index (χ0v) is 15.7. The second-order valence-corrected chi connectivity index (χ2v) is 9.34. The van der Waals surface area contributed by atoms with Crippen molar-refractivity contribution < 1.29 is 8.42 Å². The van der Waals surface area contributed by atoms with E-state index < -0.39 is 10.2 Å². The van der Waals surface area contributed by atoms with E-state index in [1.54, 1.807) is 0 Å². The molecule has 136 valence electrons. The van der Waals surface area contributed by atoms with Crippen LogP contribution in [0.2, 0.25) is 0 Å². The highest BCUT2D eigenvalue weighted by Crippen LogP contribution is 2.29. The zero-order valence-electron chi connectivity index (χ0n) is 14.9. The summed E-state index contributed by atoms with van der Waals surface area (Å²) < 4.78 is 27.0. The standard InChI is InChI=1S/C16H34N4O2S/c1-14-5-4-6-16(13-14)20-11-7-15(8-12-20)17-9-10-18-23(21,22)19(2)3/h14-18H,4-13H2,1-3H3/t14-,16+/m0/s1. The lowest BCUT2D eigenvalue weighted by Gasteiger charge is -2.41. The normalized spacial score (nSPS) is 28.3. The van der Waals surface area contributed by atoms with Crippen molar-refractivity contribution in [3.8, 4) is 0 Å². The van der Waals surface area contributed by atoms with Gasteiger partial charge in [-0.3, -0.25) is 0 Å². The first-order valence-electron chi connectivity index (χ1n) is 9.03. The molecular formula is C16H34N4O2S. The molecule has 0 amide bonds. The summed E-state index contributed by atoms with van der Waals surface area (Å²) in [7, 11) is -0.216. The third-order valence-electron chi connectivity index (χ3n) is 5.28. The molecular weight excluding hydrogens is 312 g/mol. The van der Waals surface area contributed by atoms with Crippen LogP contribution in [0.3, 0.4) is 0 Å². The molecule has 1 aliphatic carbocycles. The maximum atomic E-state index is 11.6. The summed E-state index contributed by atoms with van der Waals surface area (Å²) in [4.78, 5) is 2.68. The summed E-state index contributed by atoms with van der Waals surface area (Å²) in [5, 5.41) is 3.49. The van der Waals surface area contributed by atoms with Crippen molar-refractivity contribution in [1.29, 1.82) is 0 Å². The molecule has 2 aliphatic rings. The van der Waals surface area contributed by atoms with Gasteiger partial charge in [0.25, 0.3) is 10.2 Å². The first-order valence-corrected chi connectivity index (χ1v) is 10.5. The Hall–Kier alpha value is -0.210. The van der Waals surface area contributed by atoms with Gasteiger partial charge < -0.3 is 10.2 Å². The van der Waals surface area contributed by atoms with Gasteiger partial charge in [-0.15, -0.1) is 0 Å². The van der Waals surface area contributed by atoms with E-state index in [2.05, 4.69) is 21.9 Å². The molecule has 0 bridgehead atoms. The van der Waals surface area contributed by atoms with E-state index in [-0.39, 0.29) is 0 Å². The Kier molecular flexibility index (Phi) is 7.28. The third-order valence-corrected chi connectivity index (χ3v) is 6.81. The molecule has 2 fully saturated rings. The average molecular weight is 347 g/mol. The van der Waals surface area contributed by atoms with Gasteiger partial charge in [-0.2, -0.15) is 12.7 Å². The van der Waals surface area contributed by atoms with Crippen LogP contribution in [0.5, 0.6) is 0 Å². The van der Waals surface area contributed by atoms with Gasteiger partial charge in [0.15, 0.2) is 0 Å². The minimum Gasteiger partial charge on any atom is -0.313 e. The second-order valence-electron chi connectivity index (χ2n) is 7.37. The van der Waals surface area contributed by atoms with Gasteiger partial charge in [-0.05, 0) is 44.7 Å². The maximum absolute atomic E-state index is 11.6. The van der Waals surface area contributed by atoms with E-state index in [1.807, 2.05) is 0 Å². The molecule has 0 unspecified atom stereocenters. The lowest BCUT2D eigenvalue weighted by molar-refractivity contribution is 0.101. The Bertz CT molecular complexity index is 447. The molecule has 7 heteroatoms. The summed E-state index contributed by atoms with van der Waals surface area (Å²) in [6.45, 7) is 5.88. The zero-order chi connectivity index (χ0) is 16.9. The van der Waals surface area contributed by atoms with Crippen molar-refractivity contribution >= 4 is 10.2 Å². The Labute approximate surface area is 142 Å². The van der Waals surface area contributed by atoms with Gasteiger partial charge in [0.05, 0.1) is 0 Å². The van der Waals surface area contributed by atoms with Crippen LogP contribution in [-0.4, -0.2) is 70.0 Å². The van der Waals surface area contributed by atoms with E-state index >= 15 is 0 Å². The number of likely N-dealkylation sites (tertiary alicyclic amines) is 1. The minimum atomic E-state index is -3.29. The summed E-state index contributed by atoms with van der Waals surface area (Å²) in [5.41, 5.74) is 0. The summed E-state index contributed by atoms with van der Waals surface area (Å²) in [5.74, 6) is 0.884. The molecule has 0 radical (unpaired) electrons. The first-order chi connectivity index (χ1) is 10.9. The van der Waals surface area contributed by atoms with Gasteiger partial charge in [-0.1, -0.05) is 19.8 Å². The van der Waals surface area contributed by atoms with E-state index in [0.717, 1.165) is 12.0 Å². The third kappa shape index (κ3) is 5.98.